The van der Waals surface area contributed by atoms with Gasteiger partial charge >= 0.3 is 0 Å². The Morgan fingerprint density at radius 1 is 0.964 bits per heavy atom. The van der Waals surface area contributed by atoms with Crippen LogP contribution in [-0.2, 0) is 19.6 Å². The number of nitrogens with one attached hydrogen (secondary N) is 1. The van der Waals surface area contributed by atoms with Crippen molar-refractivity contribution in [2.45, 2.75) is 30.7 Å². The Balaban J connectivity index is 1.48. The van der Waals surface area contributed by atoms with Gasteiger partial charge in [-0.25, -0.2) is 8.42 Å². The average molecular weight is 409 g/mol. The van der Waals surface area contributed by atoms with Crippen molar-refractivity contribution in [3.05, 3.63) is 30.3 Å². The maximum Gasteiger partial charge on any atom is 0.241 e. The lowest BCUT2D eigenvalue weighted by atomic mass is 10.2. The van der Waals surface area contributed by atoms with Gasteiger partial charge in [-0.2, -0.15) is 4.72 Å². The molecule has 2 heterocycles. The molecule has 2 aliphatic rings. The number of piperazine rings is 1. The van der Waals surface area contributed by atoms with Crippen molar-refractivity contribution in [3.63, 3.8) is 0 Å². The van der Waals surface area contributed by atoms with E-state index in [1.54, 1.807) is 30.0 Å². The zero-order valence-corrected chi connectivity index (χ0v) is 17.0. The zero-order valence-electron chi connectivity index (χ0n) is 16.2. The molecule has 1 unspecified atom stereocenters. The van der Waals surface area contributed by atoms with Gasteiger partial charge in [0.1, 0.15) is 0 Å². The minimum Gasteiger partial charge on any atom is -0.342 e. The molecule has 9 heteroatoms. The van der Waals surface area contributed by atoms with Gasteiger partial charge in [0.2, 0.25) is 21.8 Å². The molecule has 1 aromatic rings. The third kappa shape index (κ3) is 5.09. The fourth-order valence-corrected chi connectivity index (χ4v) is 4.83. The summed E-state index contributed by atoms with van der Waals surface area (Å²) in [7, 11) is -3.74. The van der Waals surface area contributed by atoms with Crippen LogP contribution in [0.3, 0.4) is 0 Å². The van der Waals surface area contributed by atoms with Crippen LogP contribution in [0.25, 0.3) is 0 Å². The number of carbonyl (C=O) groups is 2. The van der Waals surface area contributed by atoms with Gasteiger partial charge in [0.05, 0.1) is 17.5 Å². The van der Waals surface area contributed by atoms with Crippen LogP contribution in [0, 0.1) is 0 Å². The van der Waals surface area contributed by atoms with E-state index in [-0.39, 0.29) is 16.7 Å². The molecule has 1 aromatic carbocycles. The van der Waals surface area contributed by atoms with Crippen LogP contribution in [0.1, 0.15) is 19.8 Å². The van der Waals surface area contributed by atoms with E-state index in [2.05, 4.69) is 9.62 Å². The average Bonchev–Trinajstić information content (AvgIpc) is 3.23. The molecule has 28 heavy (non-hydrogen) atoms. The molecule has 0 bridgehead atoms. The van der Waals surface area contributed by atoms with Gasteiger partial charge in [0, 0.05) is 39.3 Å². The summed E-state index contributed by atoms with van der Waals surface area (Å²) in [6.07, 6.45) is 2.15. The molecular weight excluding hydrogens is 380 g/mol. The highest BCUT2D eigenvalue weighted by atomic mass is 32.2. The smallest absolute Gasteiger partial charge is 0.241 e. The Kier molecular flexibility index (Phi) is 6.69. The van der Waals surface area contributed by atoms with Crippen LogP contribution in [0.15, 0.2) is 35.2 Å². The molecule has 1 N–H and O–H groups in total. The molecule has 2 amide bonds. The van der Waals surface area contributed by atoms with Crippen molar-refractivity contribution in [3.8, 4) is 0 Å². The van der Waals surface area contributed by atoms with Crippen molar-refractivity contribution in [1.82, 2.24) is 19.4 Å². The molecule has 0 aromatic heterocycles. The second-order valence-electron chi connectivity index (χ2n) is 7.35. The Morgan fingerprint density at radius 2 is 1.57 bits per heavy atom. The predicted octanol–water partition coefficient (Wildman–Crippen LogP) is 0.120. The number of sulfonamides is 1. The number of hydrogen-bond acceptors (Lipinski definition) is 5. The van der Waals surface area contributed by atoms with Gasteiger partial charge in [-0.3, -0.25) is 14.5 Å². The number of nitrogens with zero attached hydrogens (tertiary/aromatic N) is 3. The van der Waals surface area contributed by atoms with Crippen LogP contribution in [0.2, 0.25) is 0 Å². The van der Waals surface area contributed by atoms with Crippen LogP contribution < -0.4 is 4.72 Å². The topological polar surface area (TPSA) is 90.0 Å². The molecule has 0 radical (unpaired) electrons. The normalized spacial score (nSPS) is 19.6. The first-order chi connectivity index (χ1) is 13.4. The van der Waals surface area contributed by atoms with E-state index in [4.69, 9.17) is 0 Å². The first-order valence-corrected chi connectivity index (χ1v) is 11.2. The summed E-state index contributed by atoms with van der Waals surface area (Å²) in [5, 5.41) is 0. The van der Waals surface area contributed by atoms with Gasteiger partial charge in [0.15, 0.2) is 0 Å². The lowest BCUT2D eigenvalue weighted by Gasteiger charge is -2.36. The number of benzene rings is 1. The molecular formula is C19H28N4O4S. The number of carbonyl (C=O) groups excluding carboxylic acids is 2. The molecule has 0 spiro atoms. The monoisotopic (exact) mass is 408 g/mol. The molecule has 154 valence electrons. The minimum absolute atomic E-state index is 0.139. The minimum atomic E-state index is -3.74. The number of amides is 2. The third-order valence-electron chi connectivity index (χ3n) is 5.26. The Hall–Kier alpha value is -1.97. The van der Waals surface area contributed by atoms with Gasteiger partial charge in [-0.05, 0) is 31.9 Å². The standard InChI is InChI=1S/C19H28N4O4S/c1-16(20-28(26,27)17-7-3-2-4-8-17)19(25)23-13-11-21(12-14-23)15-18(24)22-9-5-6-10-22/h2-4,7-8,16,20H,5-6,9-15H2,1H3. The summed E-state index contributed by atoms with van der Waals surface area (Å²) < 4.78 is 27.3. The molecule has 3 rings (SSSR count). The van der Waals surface area contributed by atoms with Gasteiger partial charge < -0.3 is 9.80 Å². The van der Waals surface area contributed by atoms with Crippen LogP contribution in [0.5, 0.6) is 0 Å². The molecule has 2 fully saturated rings. The van der Waals surface area contributed by atoms with E-state index in [0.29, 0.717) is 32.7 Å². The van der Waals surface area contributed by atoms with Crippen molar-refractivity contribution in [1.29, 1.82) is 0 Å². The van der Waals surface area contributed by atoms with Crippen molar-refractivity contribution in [2.75, 3.05) is 45.8 Å². The summed E-state index contributed by atoms with van der Waals surface area (Å²) in [5.41, 5.74) is 0. The van der Waals surface area contributed by atoms with E-state index >= 15 is 0 Å². The van der Waals surface area contributed by atoms with Crippen LogP contribution in [-0.4, -0.2) is 86.8 Å². The van der Waals surface area contributed by atoms with Gasteiger partial charge in [-0.15, -0.1) is 0 Å². The van der Waals surface area contributed by atoms with Gasteiger partial charge in [-0.1, -0.05) is 18.2 Å². The fourth-order valence-electron chi connectivity index (χ4n) is 3.61. The Labute approximate surface area is 166 Å². The molecule has 0 aliphatic carbocycles. The zero-order chi connectivity index (χ0) is 20.1. The Bertz CT molecular complexity index is 785. The largest absolute Gasteiger partial charge is 0.342 e. The summed E-state index contributed by atoms with van der Waals surface area (Å²) in [6.45, 7) is 5.84. The fraction of sp³-hybridized carbons (Fsp3) is 0.579. The maximum atomic E-state index is 12.7. The summed E-state index contributed by atoms with van der Waals surface area (Å²) in [4.78, 5) is 30.7. The second-order valence-corrected chi connectivity index (χ2v) is 9.06. The highest BCUT2D eigenvalue weighted by Gasteiger charge is 2.29. The van der Waals surface area contributed by atoms with E-state index < -0.39 is 16.1 Å². The lowest BCUT2D eigenvalue weighted by molar-refractivity contribution is -0.135. The highest BCUT2D eigenvalue weighted by Crippen LogP contribution is 2.11. The predicted molar refractivity (Wildman–Crippen MR) is 105 cm³/mol. The summed E-state index contributed by atoms with van der Waals surface area (Å²) in [6, 6.07) is 7.17. The van der Waals surface area contributed by atoms with E-state index in [0.717, 1.165) is 25.9 Å². The first-order valence-electron chi connectivity index (χ1n) is 9.73. The molecule has 8 nitrogen and oxygen atoms in total. The quantitative estimate of drug-likeness (QED) is 0.722. The summed E-state index contributed by atoms with van der Waals surface area (Å²) in [5.74, 6) is -0.0914. The van der Waals surface area contributed by atoms with Crippen LogP contribution >= 0.6 is 0 Å². The van der Waals surface area contributed by atoms with Crippen molar-refractivity contribution < 1.29 is 18.0 Å². The molecule has 0 saturated carbocycles. The number of rotatable bonds is 6. The first kappa shape index (κ1) is 20.8. The van der Waals surface area contributed by atoms with Crippen molar-refractivity contribution >= 4 is 21.8 Å². The number of hydrogen-bond donors (Lipinski definition) is 1. The maximum absolute atomic E-state index is 12.7. The second kappa shape index (κ2) is 9.02. The van der Waals surface area contributed by atoms with E-state index in [1.165, 1.54) is 12.1 Å². The molecule has 2 saturated heterocycles. The highest BCUT2D eigenvalue weighted by molar-refractivity contribution is 7.89. The molecule has 1 atom stereocenters. The SMILES string of the molecule is CC(NS(=O)(=O)c1ccccc1)C(=O)N1CCN(CC(=O)N2CCCC2)CC1. The summed E-state index contributed by atoms with van der Waals surface area (Å²) >= 11 is 0. The lowest BCUT2D eigenvalue weighted by Crippen LogP contribution is -2.55. The third-order valence-corrected chi connectivity index (χ3v) is 6.81. The van der Waals surface area contributed by atoms with E-state index in [1.807, 2.05) is 4.90 Å². The van der Waals surface area contributed by atoms with Crippen molar-refractivity contribution in [2.24, 2.45) is 0 Å². The van der Waals surface area contributed by atoms with Gasteiger partial charge in [0.25, 0.3) is 0 Å². The van der Waals surface area contributed by atoms with Crippen LogP contribution in [0.4, 0.5) is 0 Å². The van der Waals surface area contributed by atoms with E-state index in [9.17, 15) is 18.0 Å². The molecule has 2 aliphatic heterocycles. The Morgan fingerprint density at radius 3 is 2.18 bits per heavy atom. The number of likely N-dealkylation sites (tertiary alicyclic amines) is 1.